The molecule has 0 fully saturated rings. The lowest BCUT2D eigenvalue weighted by Crippen LogP contribution is -2.04. The Balaban J connectivity index is 2.46. The highest BCUT2D eigenvalue weighted by Crippen LogP contribution is 2.25. The van der Waals surface area contributed by atoms with Gasteiger partial charge in [-0.05, 0) is 23.6 Å². The number of anilines is 1. The average molecular weight is 265 g/mol. The van der Waals surface area contributed by atoms with Gasteiger partial charge in [0.15, 0.2) is 0 Å². The van der Waals surface area contributed by atoms with E-state index in [0.717, 1.165) is 5.56 Å². The average Bonchev–Trinajstić information content (AvgIpc) is 2.76. The number of hydrogen-bond donors (Lipinski definition) is 2. The highest BCUT2D eigenvalue weighted by atomic mass is 32.2. The van der Waals surface area contributed by atoms with Crippen molar-refractivity contribution in [2.75, 3.05) is 5.73 Å². The Hall–Kier alpha value is -1.82. The van der Waals surface area contributed by atoms with E-state index in [1.165, 1.54) is 6.20 Å². The van der Waals surface area contributed by atoms with Gasteiger partial charge in [-0.3, -0.25) is 5.10 Å². The van der Waals surface area contributed by atoms with Crippen LogP contribution < -0.4 is 5.73 Å². The van der Waals surface area contributed by atoms with Crippen molar-refractivity contribution in [3.05, 3.63) is 36.0 Å². The van der Waals surface area contributed by atoms with Crippen LogP contribution in [0.2, 0.25) is 0 Å². The quantitative estimate of drug-likeness (QED) is 0.887. The normalized spacial score (nSPS) is 11.9. The molecule has 18 heavy (non-hydrogen) atoms. The predicted octanol–water partition coefficient (Wildman–Crippen LogP) is 1.95. The lowest BCUT2D eigenvalue weighted by Gasteiger charge is -2.07. The van der Waals surface area contributed by atoms with Crippen LogP contribution in [0, 0.1) is 0 Å². The van der Waals surface area contributed by atoms with Crippen LogP contribution in [0.1, 0.15) is 25.3 Å². The van der Waals surface area contributed by atoms with Gasteiger partial charge < -0.3 is 5.73 Å². The molecule has 2 rings (SSSR count). The number of aromatic amines is 1. The summed E-state index contributed by atoms with van der Waals surface area (Å²) in [6.45, 7) is 4.11. The maximum Gasteiger partial charge on any atom is 0.211 e. The van der Waals surface area contributed by atoms with Gasteiger partial charge in [0.2, 0.25) is 9.84 Å². The fourth-order valence-electron chi connectivity index (χ4n) is 1.66. The molecule has 1 aromatic heterocycles. The summed E-state index contributed by atoms with van der Waals surface area (Å²) in [5.74, 6) is 0.420. The summed E-state index contributed by atoms with van der Waals surface area (Å²) in [7, 11) is -3.59. The standard InChI is InChI=1S/C12H15N3O2S/c1-8(2)9-3-5-10(6-4-9)18(16,17)11-7-14-15-12(11)13/h3-8H,1-2H3,(H3,13,14,15). The number of hydrogen-bond acceptors (Lipinski definition) is 4. The van der Waals surface area contributed by atoms with Gasteiger partial charge in [0.1, 0.15) is 10.7 Å². The zero-order valence-corrected chi connectivity index (χ0v) is 11.0. The molecule has 1 aromatic carbocycles. The summed E-state index contributed by atoms with van der Waals surface area (Å²) >= 11 is 0. The molecule has 0 aliphatic heterocycles. The first-order valence-electron chi connectivity index (χ1n) is 5.57. The van der Waals surface area contributed by atoms with Crippen LogP contribution in [-0.4, -0.2) is 18.6 Å². The molecule has 0 atom stereocenters. The summed E-state index contributed by atoms with van der Waals surface area (Å²) in [5.41, 5.74) is 6.64. The Morgan fingerprint density at radius 3 is 2.28 bits per heavy atom. The Labute approximate surface area is 106 Å². The molecule has 0 unspecified atom stereocenters. The first-order chi connectivity index (χ1) is 8.43. The van der Waals surface area contributed by atoms with Crippen molar-refractivity contribution in [2.45, 2.75) is 29.6 Å². The second kappa shape index (κ2) is 4.45. The van der Waals surface area contributed by atoms with Gasteiger partial charge in [0.25, 0.3) is 0 Å². The zero-order valence-electron chi connectivity index (χ0n) is 10.2. The van der Waals surface area contributed by atoms with Gasteiger partial charge in [-0.2, -0.15) is 5.10 Å². The molecule has 0 aliphatic rings. The SMILES string of the molecule is CC(C)c1ccc(S(=O)(=O)c2cn[nH]c2N)cc1. The van der Waals surface area contributed by atoms with Gasteiger partial charge in [-0.15, -0.1) is 0 Å². The largest absolute Gasteiger partial charge is 0.383 e. The third-order valence-corrected chi connectivity index (χ3v) is 4.58. The molecule has 3 N–H and O–H groups in total. The van der Waals surface area contributed by atoms with Crippen LogP contribution >= 0.6 is 0 Å². The molecule has 5 nitrogen and oxygen atoms in total. The lowest BCUT2D eigenvalue weighted by molar-refractivity contribution is 0.596. The smallest absolute Gasteiger partial charge is 0.211 e. The van der Waals surface area contributed by atoms with Gasteiger partial charge >= 0.3 is 0 Å². The highest BCUT2D eigenvalue weighted by molar-refractivity contribution is 7.91. The Morgan fingerprint density at radius 1 is 1.22 bits per heavy atom. The first-order valence-corrected chi connectivity index (χ1v) is 7.05. The number of nitrogens with zero attached hydrogens (tertiary/aromatic N) is 1. The molecule has 0 bridgehead atoms. The van der Waals surface area contributed by atoms with Crippen LogP contribution in [0.15, 0.2) is 40.3 Å². The summed E-state index contributed by atoms with van der Waals surface area (Å²) in [6.07, 6.45) is 1.22. The number of aromatic nitrogens is 2. The topological polar surface area (TPSA) is 88.8 Å². The van der Waals surface area contributed by atoms with Crippen LogP contribution in [0.5, 0.6) is 0 Å². The molecule has 0 saturated heterocycles. The number of sulfone groups is 1. The van der Waals surface area contributed by atoms with Crippen molar-refractivity contribution >= 4 is 15.7 Å². The minimum Gasteiger partial charge on any atom is -0.383 e. The molecule has 0 aliphatic carbocycles. The third kappa shape index (κ3) is 2.11. The Kier molecular flexibility index (Phi) is 3.13. The van der Waals surface area contributed by atoms with Crippen LogP contribution in [0.25, 0.3) is 0 Å². The maximum absolute atomic E-state index is 12.3. The maximum atomic E-state index is 12.3. The molecular formula is C12H15N3O2S. The molecule has 96 valence electrons. The van der Waals surface area contributed by atoms with E-state index < -0.39 is 9.84 Å². The molecule has 2 aromatic rings. The third-order valence-electron chi connectivity index (χ3n) is 2.78. The summed E-state index contributed by atoms with van der Waals surface area (Å²) in [6, 6.07) is 6.82. The fraction of sp³-hybridized carbons (Fsp3) is 0.250. The van der Waals surface area contributed by atoms with Crippen LogP contribution in [0.3, 0.4) is 0 Å². The Morgan fingerprint density at radius 2 is 1.83 bits per heavy atom. The zero-order chi connectivity index (χ0) is 13.3. The molecule has 6 heteroatoms. The van der Waals surface area contributed by atoms with Gasteiger partial charge in [0, 0.05) is 0 Å². The number of nitrogens with one attached hydrogen (secondary N) is 1. The molecule has 0 radical (unpaired) electrons. The van der Waals surface area contributed by atoms with Gasteiger partial charge in [-0.25, -0.2) is 8.42 Å². The summed E-state index contributed by atoms with van der Waals surface area (Å²) < 4.78 is 24.5. The summed E-state index contributed by atoms with van der Waals surface area (Å²) in [4.78, 5) is 0.236. The summed E-state index contributed by atoms with van der Waals surface area (Å²) in [5, 5.41) is 6.05. The number of nitrogen functional groups attached to an aromatic ring is 1. The van der Waals surface area contributed by atoms with E-state index in [9.17, 15) is 8.42 Å². The fourth-order valence-corrected chi connectivity index (χ4v) is 2.93. The van der Waals surface area contributed by atoms with Crippen molar-refractivity contribution in [3.63, 3.8) is 0 Å². The molecular weight excluding hydrogens is 250 g/mol. The van der Waals surface area contributed by atoms with E-state index in [2.05, 4.69) is 24.0 Å². The van der Waals surface area contributed by atoms with Crippen molar-refractivity contribution in [3.8, 4) is 0 Å². The van der Waals surface area contributed by atoms with E-state index in [1.54, 1.807) is 12.1 Å². The Bertz CT molecular complexity index is 642. The van der Waals surface area contributed by atoms with Crippen LogP contribution in [-0.2, 0) is 9.84 Å². The first kappa shape index (κ1) is 12.6. The van der Waals surface area contributed by atoms with Crippen molar-refractivity contribution in [1.29, 1.82) is 0 Å². The van der Waals surface area contributed by atoms with Crippen LogP contribution in [0.4, 0.5) is 5.82 Å². The van der Waals surface area contributed by atoms with E-state index in [0.29, 0.717) is 5.92 Å². The van der Waals surface area contributed by atoms with Crippen molar-refractivity contribution in [2.24, 2.45) is 0 Å². The van der Waals surface area contributed by atoms with Crippen molar-refractivity contribution < 1.29 is 8.42 Å². The minimum atomic E-state index is -3.59. The monoisotopic (exact) mass is 265 g/mol. The van der Waals surface area contributed by atoms with Gasteiger partial charge in [0.05, 0.1) is 11.1 Å². The van der Waals surface area contributed by atoms with Crippen molar-refractivity contribution in [1.82, 2.24) is 10.2 Å². The van der Waals surface area contributed by atoms with Gasteiger partial charge in [-0.1, -0.05) is 26.0 Å². The minimum absolute atomic E-state index is 0.0137. The second-order valence-corrected chi connectivity index (χ2v) is 6.29. The second-order valence-electron chi connectivity index (χ2n) is 4.38. The van der Waals surface area contributed by atoms with E-state index >= 15 is 0 Å². The lowest BCUT2D eigenvalue weighted by atomic mass is 10.0. The molecule has 0 spiro atoms. The van der Waals surface area contributed by atoms with E-state index in [1.807, 2.05) is 12.1 Å². The predicted molar refractivity (Wildman–Crippen MR) is 69.0 cm³/mol. The number of H-pyrrole nitrogens is 1. The number of benzene rings is 1. The number of nitrogens with two attached hydrogens (primary N) is 1. The molecule has 0 amide bonds. The van der Waals surface area contributed by atoms with E-state index in [-0.39, 0.29) is 15.6 Å². The molecule has 1 heterocycles. The van der Waals surface area contributed by atoms with E-state index in [4.69, 9.17) is 5.73 Å². The highest BCUT2D eigenvalue weighted by Gasteiger charge is 2.22. The molecule has 0 saturated carbocycles. The number of rotatable bonds is 3.